The molecule has 1 aromatic carbocycles. The summed E-state index contributed by atoms with van der Waals surface area (Å²) in [6, 6.07) is 7.06. The highest BCUT2D eigenvalue weighted by Crippen LogP contribution is 2.18. The minimum absolute atomic E-state index is 0.293. The van der Waals surface area contributed by atoms with E-state index in [0.29, 0.717) is 18.1 Å². The molecule has 1 heterocycles. The van der Waals surface area contributed by atoms with Gasteiger partial charge < -0.3 is 10.2 Å². The minimum atomic E-state index is -0.884. The topological polar surface area (TPSA) is 60.8 Å². The van der Waals surface area contributed by atoms with Gasteiger partial charge in [-0.05, 0) is 49.5 Å². The number of piperidine rings is 1. The van der Waals surface area contributed by atoms with E-state index in [1.165, 1.54) is 0 Å². The molecule has 2 rings (SSSR count). The van der Waals surface area contributed by atoms with Gasteiger partial charge in [0.05, 0.1) is 5.56 Å². The van der Waals surface area contributed by atoms with Crippen LogP contribution in [0.1, 0.15) is 28.8 Å². The van der Waals surface area contributed by atoms with Crippen LogP contribution in [0.15, 0.2) is 24.3 Å². The maximum absolute atomic E-state index is 10.7. The van der Waals surface area contributed by atoms with Crippen LogP contribution in [0, 0.1) is 5.92 Å². The first-order valence-electron chi connectivity index (χ1n) is 6.34. The number of benzene rings is 1. The summed E-state index contributed by atoms with van der Waals surface area (Å²) in [6.07, 6.45) is 2.09. The number of aliphatic hydroxyl groups excluding tert-OH is 1. The van der Waals surface area contributed by atoms with Gasteiger partial charge in [-0.2, -0.15) is 0 Å². The zero-order chi connectivity index (χ0) is 13.0. The number of carboxylic acid groups (broad SMARTS) is 1. The predicted molar refractivity (Wildman–Crippen MR) is 68.5 cm³/mol. The fraction of sp³-hybridized carbons (Fsp3) is 0.500. The van der Waals surface area contributed by atoms with Crippen molar-refractivity contribution in [3.63, 3.8) is 0 Å². The average Bonchev–Trinajstić information content (AvgIpc) is 2.40. The molecule has 98 valence electrons. The number of hydrogen-bond acceptors (Lipinski definition) is 3. The lowest BCUT2D eigenvalue weighted by molar-refractivity contribution is 0.0697. The van der Waals surface area contributed by atoms with Crippen LogP contribution in [0.5, 0.6) is 0 Å². The molecule has 1 aliphatic heterocycles. The number of nitrogens with zero attached hydrogens (tertiary/aromatic N) is 1. The maximum Gasteiger partial charge on any atom is 0.335 e. The first kappa shape index (κ1) is 13.1. The highest BCUT2D eigenvalue weighted by molar-refractivity contribution is 5.87. The Morgan fingerprint density at radius 1 is 1.22 bits per heavy atom. The molecule has 0 bridgehead atoms. The van der Waals surface area contributed by atoms with Crippen molar-refractivity contribution in [3.05, 3.63) is 35.4 Å². The Hall–Kier alpha value is -1.39. The molecule has 0 aliphatic carbocycles. The summed E-state index contributed by atoms with van der Waals surface area (Å²) >= 11 is 0. The van der Waals surface area contributed by atoms with E-state index < -0.39 is 5.97 Å². The van der Waals surface area contributed by atoms with Crippen molar-refractivity contribution in [2.45, 2.75) is 19.4 Å². The second-order valence-electron chi connectivity index (χ2n) is 4.90. The molecule has 0 unspecified atom stereocenters. The molecule has 0 atom stereocenters. The molecule has 0 amide bonds. The van der Waals surface area contributed by atoms with Gasteiger partial charge in [-0.1, -0.05) is 12.1 Å². The molecule has 2 N–H and O–H groups in total. The van der Waals surface area contributed by atoms with Gasteiger partial charge in [-0.25, -0.2) is 4.79 Å². The number of aromatic carboxylic acids is 1. The molecule has 18 heavy (non-hydrogen) atoms. The molecule has 0 spiro atoms. The first-order valence-corrected chi connectivity index (χ1v) is 6.34. The first-order chi connectivity index (χ1) is 8.69. The lowest BCUT2D eigenvalue weighted by Crippen LogP contribution is -2.34. The van der Waals surface area contributed by atoms with E-state index >= 15 is 0 Å². The third kappa shape index (κ3) is 3.31. The van der Waals surface area contributed by atoms with Gasteiger partial charge >= 0.3 is 5.97 Å². The molecule has 1 aliphatic rings. The fourth-order valence-corrected chi connectivity index (χ4v) is 2.34. The van der Waals surface area contributed by atoms with Crippen LogP contribution in [0.25, 0.3) is 0 Å². The Labute approximate surface area is 107 Å². The number of carboxylic acids is 1. The van der Waals surface area contributed by atoms with Crippen molar-refractivity contribution in [2.75, 3.05) is 19.7 Å². The highest BCUT2D eigenvalue weighted by Gasteiger charge is 2.18. The Morgan fingerprint density at radius 3 is 2.33 bits per heavy atom. The van der Waals surface area contributed by atoms with Crippen LogP contribution >= 0.6 is 0 Å². The van der Waals surface area contributed by atoms with Gasteiger partial charge in [-0.15, -0.1) is 0 Å². The van der Waals surface area contributed by atoms with E-state index in [9.17, 15) is 4.79 Å². The molecular formula is C14H19NO3. The molecule has 0 radical (unpaired) electrons. The Bertz CT molecular complexity index is 394. The Balaban J connectivity index is 1.88. The second kappa shape index (κ2) is 5.98. The molecule has 1 aromatic rings. The highest BCUT2D eigenvalue weighted by atomic mass is 16.4. The summed E-state index contributed by atoms with van der Waals surface area (Å²) < 4.78 is 0. The van der Waals surface area contributed by atoms with Crippen molar-refractivity contribution in [1.29, 1.82) is 0 Å². The van der Waals surface area contributed by atoms with Crippen LogP contribution in [0.4, 0.5) is 0 Å². The Morgan fingerprint density at radius 2 is 1.83 bits per heavy atom. The summed E-state index contributed by atoms with van der Waals surface area (Å²) in [5, 5.41) is 17.9. The molecule has 1 fully saturated rings. The summed E-state index contributed by atoms with van der Waals surface area (Å²) in [6.45, 7) is 3.16. The normalized spacial score (nSPS) is 17.8. The van der Waals surface area contributed by atoms with Crippen LogP contribution in [-0.4, -0.2) is 40.8 Å². The van der Waals surface area contributed by atoms with Crippen molar-refractivity contribution in [3.8, 4) is 0 Å². The quantitative estimate of drug-likeness (QED) is 0.850. The van der Waals surface area contributed by atoms with Crippen molar-refractivity contribution < 1.29 is 15.0 Å². The van der Waals surface area contributed by atoms with E-state index in [4.69, 9.17) is 10.2 Å². The number of likely N-dealkylation sites (tertiary alicyclic amines) is 1. The SMILES string of the molecule is O=C(O)c1ccc(CN2CCC(CO)CC2)cc1. The summed E-state index contributed by atoms with van der Waals surface area (Å²) in [5.74, 6) is -0.430. The van der Waals surface area contributed by atoms with Gasteiger partial charge in [0.1, 0.15) is 0 Å². The summed E-state index contributed by atoms with van der Waals surface area (Å²) in [7, 11) is 0. The Kier molecular flexibility index (Phi) is 4.33. The van der Waals surface area contributed by atoms with Gasteiger partial charge in [-0.3, -0.25) is 4.90 Å². The van der Waals surface area contributed by atoms with E-state index in [1.807, 2.05) is 12.1 Å². The zero-order valence-corrected chi connectivity index (χ0v) is 10.4. The molecular weight excluding hydrogens is 230 g/mol. The van der Waals surface area contributed by atoms with E-state index in [1.54, 1.807) is 12.1 Å². The standard InChI is InChI=1S/C14H19NO3/c16-10-12-5-7-15(8-6-12)9-11-1-3-13(4-2-11)14(17)18/h1-4,12,16H,5-10H2,(H,17,18). The second-order valence-corrected chi connectivity index (χ2v) is 4.90. The van der Waals surface area contributed by atoms with Gasteiger partial charge in [0.25, 0.3) is 0 Å². The third-order valence-corrected chi connectivity index (χ3v) is 3.57. The van der Waals surface area contributed by atoms with Gasteiger partial charge in [0.15, 0.2) is 0 Å². The third-order valence-electron chi connectivity index (χ3n) is 3.57. The van der Waals surface area contributed by atoms with Crippen LogP contribution in [-0.2, 0) is 6.54 Å². The summed E-state index contributed by atoms with van der Waals surface area (Å²) in [5.41, 5.74) is 1.47. The van der Waals surface area contributed by atoms with E-state index in [0.717, 1.165) is 38.0 Å². The zero-order valence-electron chi connectivity index (χ0n) is 10.4. The minimum Gasteiger partial charge on any atom is -0.478 e. The average molecular weight is 249 g/mol. The molecule has 0 aromatic heterocycles. The number of hydrogen-bond donors (Lipinski definition) is 2. The van der Waals surface area contributed by atoms with Crippen molar-refractivity contribution in [1.82, 2.24) is 4.90 Å². The lowest BCUT2D eigenvalue weighted by Gasteiger charge is -2.31. The molecule has 0 saturated carbocycles. The van der Waals surface area contributed by atoms with Crippen molar-refractivity contribution >= 4 is 5.97 Å². The largest absolute Gasteiger partial charge is 0.478 e. The predicted octanol–water partition coefficient (Wildman–Crippen LogP) is 1.59. The fourth-order valence-electron chi connectivity index (χ4n) is 2.34. The summed E-state index contributed by atoms with van der Waals surface area (Å²) in [4.78, 5) is 13.1. The molecule has 4 nitrogen and oxygen atoms in total. The smallest absolute Gasteiger partial charge is 0.335 e. The van der Waals surface area contributed by atoms with E-state index in [-0.39, 0.29) is 0 Å². The number of aliphatic hydroxyl groups is 1. The monoisotopic (exact) mass is 249 g/mol. The lowest BCUT2D eigenvalue weighted by atomic mass is 9.97. The van der Waals surface area contributed by atoms with Gasteiger partial charge in [0, 0.05) is 13.2 Å². The number of rotatable bonds is 4. The van der Waals surface area contributed by atoms with Crippen molar-refractivity contribution in [2.24, 2.45) is 5.92 Å². The van der Waals surface area contributed by atoms with Crippen LogP contribution in [0.3, 0.4) is 0 Å². The maximum atomic E-state index is 10.7. The molecule has 1 saturated heterocycles. The van der Waals surface area contributed by atoms with Crippen LogP contribution < -0.4 is 0 Å². The molecule has 4 heteroatoms. The van der Waals surface area contributed by atoms with Crippen LogP contribution in [0.2, 0.25) is 0 Å². The number of carbonyl (C=O) groups is 1. The van der Waals surface area contributed by atoms with E-state index in [2.05, 4.69) is 4.90 Å². The van der Waals surface area contributed by atoms with Gasteiger partial charge in [0.2, 0.25) is 0 Å².